The first-order chi connectivity index (χ1) is 11.6. The van der Waals surface area contributed by atoms with Crippen LogP contribution in [0.4, 0.5) is 0 Å². The number of ether oxygens (including phenoxy) is 2. The Morgan fingerprint density at radius 2 is 1.46 bits per heavy atom. The molecular weight excluding hydrogens is 304 g/mol. The molecule has 2 aromatic carbocycles. The van der Waals surface area contributed by atoms with Crippen LogP contribution >= 0.6 is 0 Å². The normalized spacial score (nSPS) is 10.5. The van der Waals surface area contributed by atoms with Crippen molar-refractivity contribution in [3.05, 3.63) is 65.9 Å². The van der Waals surface area contributed by atoms with Gasteiger partial charge in [-0.2, -0.15) is 5.10 Å². The van der Waals surface area contributed by atoms with Crippen LogP contribution in [0.1, 0.15) is 15.9 Å². The molecule has 24 heavy (non-hydrogen) atoms. The van der Waals surface area contributed by atoms with Gasteiger partial charge in [-0.25, -0.2) is 0 Å². The maximum atomic E-state index is 12.9. The molecule has 0 saturated carbocycles. The van der Waals surface area contributed by atoms with Crippen molar-refractivity contribution < 1.29 is 14.3 Å². The second kappa shape index (κ2) is 6.58. The van der Waals surface area contributed by atoms with E-state index in [1.807, 2.05) is 31.3 Å². The number of ketones is 1. The maximum Gasteiger partial charge on any atom is 0.196 e. The fraction of sp³-hybridized carbons (Fsp3) is 0.158. The summed E-state index contributed by atoms with van der Waals surface area (Å²) >= 11 is 0. The topological polar surface area (TPSA) is 53.3 Å². The number of aromatic nitrogens is 2. The Bertz CT molecular complexity index is 849. The number of carbonyl (C=O) groups excluding carboxylic acids is 1. The Kier molecular flexibility index (Phi) is 4.33. The van der Waals surface area contributed by atoms with Crippen LogP contribution in [0.25, 0.3) is 11.3 Å². The average molecular weight is 322 g/mol. The summed E-state index contributed by atoms with van der Waals surface area (Å²) < 4.78 is 12.0. The second-order valence-corrected chi connectivity index (χ2v) is 5.32. The van der Waals surface area contributed by atoms with Crippen LogP contribution in [-0.4, -0.2) is 29.8 Å². The average Bonchev–Trinajstić information content (AvgIpc) is 3.02. The van der Waals surface area contributed by atoms with Crippen molar-refractivity contribution in [1.29, 1.82) is 0 Å². The molecule has 0 fully saturated rings. The first-order valence-electron chi connectivity index (χ1n) is 7.49. The van der Waals surface area contributed by atoms with Crippen molar-refractivity contribution in [3.8, 4) is 22.8 Å². The molecule has 3 rings (SSSR count). The molecule has 0 aliphatic carbocycles. The number of hydrogen-bond acceptors (Lipinski definition) is 4. The number of carbonyl (C=O) groups is 1. The minimum Gasteiger partial charge on any atom is -0.497 e. The summed E-state index contributed by atoms with van der Waals surface area (Å²) in [4.78, 5) is 12.9. The van der Waals surface area contributed by atoms with E-state index in [0.717, 1.165) is 17.0 Å². The Hall–Kier alpha value is -3.08. The third kappa shape index (κ3) is 2.88. The van der Waals surface area contributed by atoms with Gasteiger partial charge in [-0.3, -0.25) is 9.48 Å². The van der Waals surface area contributed by atoms with Gasteiger partial charge in [-0.05, 0) is 48.5 Å². The Labute approximate surface area is 140 Å². The summed E-state index contributed by atoms with van der Waals surface area (Å²) in [5.41, 5.74) is 2.84. The van der Waals surface area contributed by atoms with Crippen LogP contribution in [0, 0.1) is 0 Å². The van der Waals surface area contributed by atoms with E-state index in [1.54, 1.807) is 49.4 Å². The molecule has 1 aromatic heterocycles. The summed E-state index contributed by atoms with van der Waals surface area (Å²) in [7, 11) is 5.04. The van der Waals surface area contributed by atoms with Gasteiger partial charge < -0.3 is 9.47 Å². The molecule has 0 atom stereocenters. The fourth-order valence-electron chi connectivity index (χ4n) is 2.59. The van der Waals surface area contributed by atoms with Crippen molar-refractivity contribution in [2.45, 2.75) is 0 Å². The van der Waals surface area contributed by atoms with E-state index in [1.165, 1.54) is 0 Å². The van der Waals surface area contributed by atoms with Gasteiger partial charge in [0.25, 0.3) is 0 Å². The van der Waals surface area contributed by atoms with E-state index in [9.17, 15) is 4.79 Å². The van der Waals surface area contributed by atoms with Crippen LogP contribution in [0.3, 0.4) is 0 Å². The predicted octanol–water partition coefficient (Wildman–Crippen LogP) is 3.34. The number of rotatable bonds is 5. The monoisotopic (exact) mass is 322 g/mol. The zero-order chi connectivity index (χ0) is 17.1. The van der Waals surface area contributed by atoms with Gasteiger partial charge in [0.2, 0.25) is 0 Å². The van der Waals surface area contributed by atoms with Gasteiger partial charge in [0.1, 0.15) is 11.5 Å². The molecule has 1 heterocycles. The smallest absolute Gasteiger partial charge is 0.196 e. The number of benzene rings is 2. The summed E-state index contributed by atoms with van der Waals surface area (Å²) in [5.74, 6) is 1.41. The molecule has 0 aliphatic heterocycles. The predicted molar refractivity (Wildman–Crippen MR) is 91.6 cm³/mol. The minimum absolute atomic E-state index is 0.0726. The van der Waals surface area contributed by atoms with Gasteiger partial charge in [-0.15, -0.1) is 0 Å². The molecule has 5 nitrogen and oxygen atoms in total. The van der Waals surface area contributed by atoms with Crippen LogP contribution in [0.15, 0.2) is 54.7 Å². The standard InChI is InChI=1S/C19H18N2O3/c1-21-18(13-4-8-15(23-2)9-5-13)17(12-20-21)19(22)14-6-10-16(24-3)11-7-14/h4-12H,1-3H3. The molecule has 0 aliphatic rings. The molecular formula is C19H18N2O3. The summed E-state index contributed by atoms with van der Waals surface area (Å²) in [6, 6.07) is 14.6. The van der Waals surface area contributed by atoms with Gasteiger partial charge in [-0.1, -0.05) is 0 Å². The lowest BCUT2D eigenvalue weighted by molar-refractivity contribution is 0.103. The SMILES string of the molecule is COc1ccc(C(=O)c2cnn(C)c2-c2ccc(OC)cc2)cc1. The van der Waals surface area contributed by atoms with Crippen molar-refractivity contribution in [1.82, 2.24) is 9.78 Å². The molecule has 0 radical (unpaired) electrons. The van der Waals surface area contributed by atoms with E-state index in [2.05, 4.69) is 5.10 Å². The van der Waals surface area contributed by atoms with Gasteiger partial charge in [0.15, 0.2) is 5.78 Å². The lowest BCUT2D eigenvalue weighted by atomic mass is 10.00. The first-order valence-corrected chi connectivity index (χ1v) is 7.49. The molecule has 0 spiro atoms. The minimum atomic E-state index is -0.0726. The van der Waals surface area contributed by atoms with E-state index < -0.39 is 0 Å². The highest BCUT2D eigenvalue weighted by atomic mass is 16.5. The molecule has 0 N–H and O–H groups in total. The van der Waals surface area contributed by atoms with Crippen molar-refractivity contribution in [2.24, 2.45) is 7.05 Å². The van der Waals surface area contributed by atoms with E-state index in [4.69, 9.17) is 9.47 Å². The quantitative estimate of drug-likeness (QED) is 0.676. The Morgan fingerprint density at radius 3 is 2.00 bits per heavy atom. The van der Waals surface area contributed by atoms with E-state index in [0.29, 0.717) is 16.9 Å². The van der Waals surface area contributed by atoms with Crippen molar-refractivity contribution >= 4 is 5.78 Å². The zero-order valence-corrected chi connectivity index (χ0v) is 13.8. The van der Waals surface area contributed by atoms with Gasteiger partial charge >= 0.3 is 0 Å². The molecule has 0 bridgehead atoms. The number of nitrogens with zero attached hydrogens (tertiary/aromatic N) is 2. The molecule has 5 heteroatoms. The highest BCUT2D eigenvalue weighted by Crippen LogP contribution is 2.27. The largest absolute Gasteiger partial charge is 0.497 e. The third-order valence-corrected chi connectivity index (χ3v) is 3.90. The molecule has 0 saturated heterocycles. The molecule has 3 aromatic rings. The summed E-state index contributed by atoms with van der Waals surface area (Å²) in [6.07, 6.45) is 1.60. The first kappa shape index (κ1) is 15.8. The lowest BCUT2D eigenvalue weighted by Crippen LogP contribution is -2.04. The molecule has 0 unspecified atom stereocenters. The van der Waals surface area contributed by atoms with Crippen LogP contribution < -0.4 is 9.47 Å². The Morgan fingerprint density at radius 1 is 0.917 bits per heavy atom. The second-order valence-electron chi connectivity index (χ2n) is 5.32. The van der Waals surface area contributed by atoms with Crippen LogP contribution in [-0.2, 0) is 7.05 Å². The summed E-state index contributed by atoms with van der Waals surface area (Å²) in [6.45, 7) is 0. The van der Waals surface area contributed by atoms with Gasteiger partial charge in [0, 0.05) is 18.2 Å². The number of aryl methyl sites for hydroxylation is 1. The van der Waals surface area contributed by atoms with Crippen molar-refractivity contribution in [2.75, 3.05) is 14.2 Å². The Balaban J connectivity index is 2.00. The molecule has 122 valence electrons. The van der Waals surface area contributed by atoms with E-state index >= 15 is 0 Å². The summed E-state index contributed by atoms with van der Waals surface area (Å²) in [5, 5.41) is 4.26. The fourth-order valence-corrected chi connectivity index (χ4v) is 2.59. The van der Waals surface area contributed by atoms with Gasteiger partial charge in [0.05, 0.1) is 31.7 Å². The zero-order valence-electron chi connectivity index (χ0n) is 13.8. The maximum absolute atomic E-state index is 12.9. The third-order valence-electron chi connectivity index (χ3n) is 3.90. The molecule has 0 amide bonds. The van der Waals surface area contributed by atoms with Crippen LogP contribution in [0.5, 0.6) is 11.5 Å². The highest BCUT2D eigenvalue weighted by Gasteiger charge is 2.19. The number of methoxy groups -OCH3 is 2. The van der Waals surface area contributed by atoms with E-state index in [-0.39, 0.29) is 5.78 Å². The number of hydrogen-bond donors (Lipinski definition) is 0. The van der Waals surface area contributed by atoms with Crippen molar-refractivity contribution in [3.63, 3.8) is 0 Å². The lowest BCUT2D eigenvalue weighted by Gasteiger charge is -2.08. The van der Waals surface area contributed by atoms with Crippen LogP contribution in [0.2, 0.25) is 0 Å². The highest BCUT2D eigenvalue weighted by molar-refractivity contribution is 6.12.